The number of hydrogen-bond acceptors (Lipinski definition) is 9. The zero-order chi connectivity index (χ0) is 33.7. The quantitative estimate of drug-likeness (QED) is 0.117. The van der Waals surface area contributed by atoms with E-state index in [1.165, 1.54) is 11.1 Å². The van der Waals surface area contributed by atoms with Gasteiger partial charge in [-0.3, -0.25) is 9.97 Å². The lowest BCUT2D eigenvalue weighted by Gasteiger charge is -2.11. The van der Waals surface area contributed by atoms with E-state index in [1.807, 2.05) is 73.8 Å². The van der Waals surface area contributed by atoms with Gasteiger partial charge in [-0.2, -0.15) is 0 Å². The first-order chi connectivity index (χ1) is 23.5. The van der Waals surface area contributed by atoms with Gasteiger partial charge in [-0.05, 0) is 79.9 Å². The molecule has 10 heteroatoms. The smallest absolute Gasteiger partial charge is 0.339 e. The highest BCUT2D eigenvalue weighted by Gasteiger charge is 2.12. The predicted molar refractivity (Wildman–Crippen MR) is 190 cm³/mol. The Hall–Kier alpha value is -5.77. The third kappa shape index (κ3) is 8.73. The summed E-state index contributed by atoms with van der Waals surface area (Å²) in [5.41, 5.74) is 5.18. The van der Waals surface area contributed by atoms with Gasteiger partial charge in [0.05, 0.1) is 24.2 Å². The first kappa shape index (κ1) is 33.6. The van der Waals surface area contributed by atoms with Crippen molar-refractivity contribution in [2.24, 2.45) is 0 Å². The molecule has 3 N–H and O–H groups in total. The van der Waals surface area contributed by atoms with Gasteiger partial charge in [-0.15, -0.1) is 0 Å². The Labute approximate surface area is 280 Å². The molecule has 4 aromatic heterocycles. The van der Waals surface area contributed by atoms with E-state index in [2.05, 4.69) is 50.5 Å². The highest BCUT2D eigenvalue weighted by atomic mass is 16.5. The minimum Gasteiger partial charge on any atom is -0.492 e. The van der Waals surface area contributed by atoms with E-state index in [1.54, 1.807) is 24.7 Å². The number of carbonyl (C=O) groups is 1. The number of carboxylic acid groups (broad SMARTS) is 1. The maximum absolute atomic E-state index is 11.4. The van der Waals surface area contributed by atoms with Crippen molar-refractivity contribution in [3.8, 4) is 11.5 Å². The van der Waals surface area contributed by atoms with Gasteiger partial charge in [0.25, 0.3) is 0 Å². The number of benzene rings is 2. The average Bonchev–Trinajstić information content (AvgIpc) is 3.10. The van der Waals surface area contributed by atoms with E-state index in [0.717, 1.165) is 57.7 Å². The molecule has 0 unspecified atom stereocenters. The summed E-state index contributed by atoms with van der Waals surface area (Å²) in [6.45, 7) is 8.59. The second kappa shape index (κ2) is 16.7. The van der Waals surface area contributed by atoms with E-state index in [0.29, 0.717) is 32.0 Å². The van der Waals surface area contributed by atoms with Gasteiger partial charge in [-0.25, -0.2) is 14.8 Å². The van der Waals surface area contributed by atoms with Crippen molar-refractivity contribution < 1.29 is 19.4 Å². The van der Waals surface area contributed by atoms with Gasteiger partial charge in [0, 0.05) is 61.5 Å². The first-order valence-corrected chi connectivity index (χ1v) is 16.0. The van der Waals surface area contributed by atoms with Crippen molar-refractivity contribution in [2.75, 3.05) is 36.9 Å². The van der Waals surface area contributed by atoms with Gasteiger partial charge in [0.1, 0.15) is 28.7 Å². The maximum atomic E-state index is 11.4. The lowest BCUT2D eigenvalue weighted by Crippen LogP contribution is -2.10. The Kier molecular flexibility index (Phi) is 11.7. The van der Waals surface area contributed by atoms with Gasteiger partial charge >= 0.3 is 5.97 Å². The van der Waals surface area contributed by atoms with Crippen LogP contribution < -0.4 is 20.1 Å². The Morgan fingerprint density at radius 2 is 1.19 bits per heavy atom. The molecule has 4 heterocycles. The molecule has 0 amide bonds. The fraction of sp³-hybridized carbons (Fsp3) is 0.237. The van der Waals surface area contributed by atoms with Gasteiger partial charge in [0.2, 0.25) is 0 Å². The summed E-state index contributed by atoms with van der Waals surface area (Å²) < 4.78 is 11.8. The molecule has 2 aromatic carbocycles. The van der Waals surface area contributed by atoms with Gasteiger partial charge < -0.3 is 25.2 Å². The molecule has 0 aliphatic rings. The number of carboxylic acids is 1. The van der Waals surface area contributed by atoms with Crippen LogP contribution in [0.2, 0.25) is 0 Å². The molecule has 0 fully saturated rings. The van der Waals surface area contributed by atoms with Crippen LogP contribution in [0.15, 0.2) is 97.6 Å². The third-order valence-electron chi connectivity index (χ3n) is 7.51. The van der Waals surface area contributed by atoms with Crippen LogP contribution in [0.1, 0.15) is 40.9 Å². The standard InChI is InChI=1S/C19H19N3O3.C19H21N3O/c1-2-20-18-15(19(23)24)11-13(12-22-18)8-10-25-17-7-9-21-16-6-4-3-5-14(16)17;1-3-20-19-14(2)12-15(13-22-19)9-11-23-18-8-10-21-17-7-5-4-6-16(17)18/h3-7,9,11-12H,2,8,10H2,1H3,(H,20,22)(H,23,24);4-8,10,12-13H,3,9,11H2,1-2H3,(H,20,22). The molecule has 10 nitrogen and oxygen atoms in total. The molecular formula is C38H40N6O4. The van der Waals surface area contributed by atoms with Crippen molar-refractivity contribution in [3.05, 3.63) is 120 Å². The number of rotatable bonds is 13. The molecule has 0 bridgehead atoms. The number of aromatic nitrogens is 4. The fourth-order valence-corrected chi connectivity index (χ4v) is 5.19. The van der Waals surface area contributed by atoms with E-state index in [4.69, 9.17) is 9.47 Å². The average molecular weight is 645 g/mol. The number of para-hydroxylation sites is 2. The van der Waals surface area contributed by atoms with Gasteiger partial charge in [-0.1, -0.05) is 30.3 Å². The molecule has 0 aliphatic carbocycles. The summed E-state index contributed by atoms with van der Waals surface area (Å²) >= 11 is 0. The number of nitrogens with one attached hydrogen (secondary N) is 2. The number of hydrogen-bond donors (Lipinski definition) is 3. The van der Waals surface area contributed by atoms with E-state index < -0.39 is 5.97 Å². The van der Waals surface area contributed by atoms with Crippen LogP contribution in [0.4, 0.5) is 11.6 Å². The summed E-state index contributed by atoms with van der Waals surface area (Å²) in [4.78, 5) is 28.7. The Morgan fingerprint density at radius 3 is 1.71 bits per heavy atom. The molecule has 0 saturated carbocycles. The zero-order valence-corrected chi connectivity index (χ0v) is 27.4. The molecule has 0 saturated heterocycles. The molecule has 246 valence electrons. The molecule has 0 spiro atoms. The minimum atomic E-state index is -0.994. The summed E-state index contributed by atoms with van der Waals surface area (Å²) in [6, 6.07) is 23.4. The summed E-state index contributed by atoms with van der Waals surface area (Å²) in [7, 11) is 0. The molecule has 6 aromatic rings. The predicted octanol–water partition coefficient (Wildman–Crippen LogP) is 7.37. The highest BCUT2D eigenvalue weighted by Crippen LogP contribution is 2.25. The number of fused-ring (bicyclic) bond motifs is 2. The Morgan fingerprint density at radius 1 is 0.688 bits per heavy atom. The van der Waals surface area contributed by atoms with Crippen LogP contribution in [-0.4, -0.2) is 57.3 Å². The van der Waals surface area contributed by atoms with Crippen molar-refractivity contribution in [1.29, 1.82) is 0 Å². The molecule has 6 rings (SSSR count). The van der Waals surface area contributed by atoms with E-state index in [9.17, 15) is 9.90 Å². The van der Waals surface area contributed by atoms with Crippen LogP contribution in [0, 0.1) is 6.92 Å². The van der Waals surface area contributed by atoms with Crippen LogP contribution in [-0.2, 0) is 12.8 Å². The van der Waals surface area contributed by atoms with E-state index in [-0.39, 0.29) is 5.56 Å². The normalized spacial score (nSPS) is 10.6. The number of nitrogens with zero attached hydrogens (tertiary/aromatic N) is 4. The molecule has 0 atom stereocenters. The second-order valence-corrected chi connectivity index (χ2v) is 11.0. The Balaban J connectivity index is 0.000000188. The molecule has 48 heavy (non-hydrogen) atoms. The molecule has 0 aliphatic heterocycles. The van der Waals surface area contributed by atoms with Crippen LogP contribution in [0.5, 0.6) is 11.5 Å². The number of aryl methyl sites for hydroxylation is 1. The lowest BCUT2D eigenvalue weighted by atomic mass is 10.1. The third-order valence-corrected chi connectivity index (χ3v) is 7.51. The number of anilines is 2. The highest BCUT2D eigenvalue weighted by molar-refractivity contribution is 5.93. The lowest BCUT2D eigenvalue weighted by molar-refractivity contribution is 0.0697. The largest absolute Gasteiger partial charge is 0.492 e. The minimum absolute atomic E-state index is 0.175. The number of pyridine rings is 4. The summed E-state index contributed by atoms with van der Waals surface area (Å²) in [5, 5.41) is 17.5. The maximum Gasteiger partial charge on any atom is 0.339 e. The molecule has 0 radical (unpaired) electrons. The second-order valence-electron chi connectivity index (χ2n) is 11.0. The van der Waals surface area contributed by atoms with Crippen LogP contribution in [0.3, 0.4) is 0 Å². The number of aromatic carboxylic acids is 1. The topological polar surface area (TPSA) is 131 Å². The number of ether oxygens (including phenoxy) is 2. The van der Waals surface area contributed by atoms with Crippen LogP contribution in [0.25, 0.3) is 21.8 Å². The van der Waals surface area contributed by atoms with Crippen molar-refractivity contribution in [3.63, 3.8) is 0 Å². The van der Waals surface area contributed by atoms with E-state index >= 15 is 0 Å². The van der Waals surface area contributed by atoms with Crippen molar-refractivity contribution in [2.45, 2.75) is 33.6 Å². The monoisotopic (exact) mass is 644 g/mol. The van der Waals surface area contributed by atoms with Gasteiger partial charge in [0.15, 0.2) is 0 Å². The van der Waals surface area contributed by atoms with Crippen molar-refractivity contribution >= 4 is 39.4 Å². The first-order valence-electron chi connectivity index (χ1n) is 16.0. The van der Waals surface area contributed by atoms with Crippen LogP contribution >= 0.6 is 0 Å². The SMILES string of the molecule is CCNc1ncc(CCOc2ccnc3ccccc23)cc1C.CCNc1ncc(CCOc2ccnc3ccccc23)cc1C(=O)O. The summed E-state index contributed by atoms with van der Waals surface area (Å²) in [5.74, 6) is 1.99. The summed E-state index contributed by atoms with van der Waals surface area (Å²) in [6.07, 6.45) is 8.49. The van der Waals surface area contributed by atoms with Crippen molar-refractivity contribution in [1.82, 2.24) is 19.9 Å². The zero-order valence-electron chi connectivity index (χ0n) is 27.4. The molecular weight excluding hydrogens is 604 g/mol. The Bertz CT molecular complexity index is 1970. The fourth-order valence-electron chi connectivity index (χ4n) is 5.19.